The van der Waals surface area contributed by atoms with Crippen molar-refractivity contribution >= 4 is 17.3 Å². The van der Waals surface area contributed by atoms with Crippen molar-refractivity contribution in [2.24, 2.45) is 0 Å². The summed E-state index contributed by atoms with van der Waals surface area (Å²) in [6.45, 7) is 6.77. The molecule has 2 rings (SSSR count). The van der Waals surface area contributed by atoms with E-state index in [2.05, 4.69) is 24.1 Å². The number of halogens is 1. The van der Waals surface area contributed by atoms with E-state index in [1.165, 1.54) is 6.07 Å². The van der Waals surface area contributed by atoms with E-state index in [4.69, 9.17) is 0 Å². The second-order valence-electron chi connectivity index (χ2n) is 5.06. The van der Waals surface area contributed by atoms with E-state index in [1.807, 2.05) is 6.07 Å². The van der Waals surface area contributed by atoms with Crippen molar-refractivity contribution in [3.05, 3.63) is 23.5 Å². The first-order chi connectivity index (χ1) is 8.49. The lowest BCUT2D eigenvalue weighted by atomic mass is 10.1. The normalized spacial score (nSPS) is 16.1. The molecular weight excluding hydrogens is 231 g/mol. The average Bonchev–Trinajstić information content (AvgIpc) is 2.27. The van der Waals surface area contributed by atoms with Crippen LogP contribution in [0.3, 0.4) is 0 Å². The lowest BCUT2D eigenvalue weighted by molar-refractivity contribution is -0.116. The molecule has 1 aromatic rings. The summed E-state index contributed by atoms with van der Waals surface area (Å²) in [5.74, 6) is -0.318. The summed E-state index contributed by atoms with van der Waals surface area (Å²) in [5, 5.41) is 2.79. The van der Waals surface area contributed by atoms with E-state index >= 15 is 0 Å². The minimum absolute atomic E-state index is 0.0390. The fourth-order valence-electron chi connectivity index (χ4n) is 2.28. The summed E-state index contributed by atoms with van der Waals surface area (Å²) in [7, 11) is 0. The highest BCUT2D eigenvalue weighted by atomic mass is 19.1. The molecule has 1 N–H and O–H groups in total. The smallest absolute Gasteiger partial charge is 0.224 e. The monoisotopic (exact) mass is 250 g/mol. The Bertz CT molecular complexity index is 471. The molecule has 18 heavy (non-hydrogen) atoms. The standard InChI is InChI=1S/C14H19FN2O/c1-9(2)17-6-4-5-14(18)16-12-8-11(15)10(3)7-13(12)17/h7-9H,4-6H2,1-3H3,(H,16,18). The van der Waals surface area contributed by atoms with Gasteiger partial charge in [-0.2, -0.15) is 0 Å². The van der Waals surface area contributed by atoms with Crippen LogP contribution in [0.25, 0.3) is 0 Å². The Hall–Kier alpha value is -1.58. The van der Waals surface area contributed by atoms with Gasteiger partial charge in [-0.3, -0.25) is 4.79 Å². The molecular formula is C14H19FN2O. The molecule has 0 aromatic heterocycles. The Balaban J connectivity index is 2.51. The first kappa shape index (κ1) is 12.9. The molecule has 0 bridgehead atoms. The fraction of sp³-hybridized carbons (Fsp3) is 0.500. The lowest BCUT2D eigenvalue weighted by Crippen LogP contribution is -2.35. The minimum Gasteiger partial charge on any atom is -0.367 e. The van der Waals surface area contributed by atoms with Crippen molar-refractivity contribution in [2.75, 3.05) is 16.8 Å². The number of carbonyl (C=O) groups excluding carboxylic acids is 1. The Morgan fingerprint density at radius 3 is 2.78 bits per heavy atom. The second-order valence-corrected chi connectivity index (χ2v) is 5.06. The van der Waals surface area contributed by atoms with Gasteiger partial charge in [0.05, 0.1) is 11.4 Å². The quantitative estimate of drug-likeness (QED) is 0.830. The number of benzene rings is 1. The minimum atomic E-state index is -0.279. The van der Waals surface area contributed by atoms with Crippen LogP contribution in [-0.2, 0) is 4.79 Å². The molecule has 0 saturated heterocycles. The maximum atomic E-state index is 13.6. The van der Waals surface area contributed by atoms with Gasteiger partial charge >= 0.3 is 0 Å². The van der Waals surface area contributed by atoms with Gasteiger partial charge in [0.1, 0.15) is 5.82 Å². The highest BCUT2D eigenvalue weighted by Gasteiger charge is 2.20. The number of anilines is 2. The van der Waals surface area contributed by atoms with Crippen molar-refractivity contribution in [3.8, 4) is 0 Å². The maximum Gasteiger partial charge on any atom is 0.224 e. The Morgan fingerprint density at radius 1 is 1.39 bits per heavy atom. The summed E-state index contributed by atoms with van der Waals surface area (Å²) in [4.78, 5) is 13.8. The van der Waals surface area contributed by atoms with Crippen molar-refractivity contribution < 1.29 is 9.18 Å². The van der Waals surface area contributed by atoms with Crippen molar-refractivity contribution in [1.29, 1.82) is 0 Å². The molecule has 98 valence electrons. The van der Waals surface area contributed by atoms with Crippen molar-refractivity contribution in [2.45, 2.75) is 39.7 Å². The van der Waals surface area contributed by atoms with Crippen LogP contribution in [0, 0.1) is 12.7 Å². The topological polar surface area (TPSA) is 32.3 Å². The highest BCUT2D eigenvalue weighted by Crippen LogP contribution is 2.32. The molecule has 0 saturated carbocycles. The number of carbonyl (C=O) groups is 1. The van der Waals surface area contributed by atoms with E-state index in [0.29, 0.717) is 23.7 Å². The van der Waals surface area contributed by atoms with Crippen LogP contribution in [0.15, 0.2) is 12.1 Å². The van der Waals surface area contributed by atoms with Crippen LogP contribution in [-0.4, -0.2) is 18.5 Å². The molecule has 4 heteroatoms. The fourth-order valence-corrected chi connectivity index (χ4v) is 2.28. The van der Waals surface area contributed by atoms with Gasteiger partial charge in [-0.05, 0) is 44.9 Å². The SMILES string of the molecule is Cc1cc2c(cc1F)NC(=O)CCCN2C(C)C. The Labute approximate surface area is 107 Å². The molecule has 0 aliphatic carbocycles. The molecule has 1 heterocycles. The number of nitrogens with one attached hydrogen (secondary N) is 1. The van der Waals surface area contributed by atoms with E-state index in [0.717, 1.165) is 18.7 Å². The zero-order valence-electron chi connectivity index (χ0n) is 11.1. The molecule has 1 aliphatic rings. The summed E-state index contributed by atoms with van der Waals surface area (Å²) in [6, 6.07) is 3.56. The molecule has 0 fully saturated rings. The van der Waals surface area contributed by atoms with Crippen LogP contribution in [0.5, 0.6) is 0 Å². The van der Waals surface area contributed by atoms with Gasteiger partial charge in [0.15, 0.2) is 0 Å². The zero-order valence-corrected chi connectivity index (χ0v) is 11.1. The molecule has 1 amide bonds. The third kappa shape index (κ3) is 2.47. The maximum absolute atomic E-state index is 13.6. The summed E-state index contributed by atoms with van der Waals surface area (Å²) < 4.78 is 13.6. The largest absolute Gasteiger partial charge is 0.367 e. The predicted molar refractivity (Wildman–Crippen MR) is 71.5 cm³/mol. The van der Waals surface area contributed by atoms with Gasteiger partial charge < -0.3 is 10.2 Å². The zero-order chi connectivity index (χ0) is 13.3. The van der Waals surface area contributed by atoms with Crippen LogP contribution in [0.4, 0.5) is 15.8 Å². The Kier molecular flexibility index (Phi) is 3.55. The van der Waals surface area contributed by atoms with Gasteiger partial charge in [-0.1, -0.05) is 0 Å². The van der Waals surface area contributed by atoms with E-state index in [9.17, 15) is 9.18 Å². The van der Waals surface area contributed by atoms with E-state index in [-0.39, 0.29) is 11.7 Å². The van der Waals surface area contributed by atoms with E-state index < -0.39 is 0 Å². The Morgan fingerprint density at radius 2 is 2.11 bits per heavy atom. The molecule has 1 aromatic carbocycles. The van der Waals surface area contributed by atoms with Crippen molar-refractivity contribution in [3.63, 3.8) is 0 Å². The molecule has 0 atom stereocenters. The first-order valence-electron chi connectivity index (χ1n) is 6.35. The van der Waals surface area contributed by atoms with Crippen LogP contribution in [0.2, 0.25) is 0 Å². The third-order valence-corrected chi connectivity index (χ3v) is 3.29. The number of fused-ring (bicyclic) bond motifs is 1. The van der Waals surface area contributed by atoms with Gasteiger partial charge in [0.2, 0.25) is 5.91 Å². The number of nitrogens with zero attached hydrogens (tertiary/aromatic N) is 1. The number of hydrogen-bond donors (Lipinski definition) is 1. The molecule has 0 spiro atoms. The molecule has 3 nitrogen and oxygen atoms in total. The second kappa shape index (κ2) is 4.96. The van der Waals surface area contributed by atoms with E-state index in [1.54, 1.807) is 6.92 Å². The van der Waals surface area contributed by atoms with Gasteiger partial charge in [0, 0.05) is 19.0 Å². The molecule has 0 radical (unpaired) electrons. The van der Waals surface area contributed by atoms with Crippen LogP contribution < -0.4 is 10.2 Å². The third-order valence-electron chi connectivity index (χ3n) is 3.29. The predicted octanol–water partition coefficient (Wildman–Crippen LogP) is 3.08. The van der Waals surface area contributed by atoms with Gasteiger partial charge in [-0.25, -0.2) is 4.39 Å². The summed E-state index contributed by atoms with van der Waals surface area (Å²) >= 11 is 0. The summed E-state index contributed by atoms with van der Waals surface area (Å²) in [6.07, 6.45) is 1.30. The van der Waals surface area contributed by atoms with Crippen LogP contribution >= 0.6 is 0 Å². The van der Waals surface area contributed by atoms with Crippen LogP contribution in [0.1, 0.15) is 32.3 Å². The first-order valence-corrected chi connectivity index (χ1v) is 6.35. The van der Waals surface area contributed by atoms with Crippen molar-refractivity contribution in [1.82, 2.24) is 0 Å². The van der Waals surface area contributed by atoms with Gasteiger partial charge in [0.25, 0.3) is 0 Å². The summed E-state index contributed by atoms with van der Waals surface area (Å²) in [5.41, 5.74) is 2.10. The average molecular weight is 250 g/mol. The highest BCUT2D eigenvalue weighted by molar-refractivity contribution is 5.95. The number of aryl methyl sites for hydroxylation is 1. The molecule has 0 unspecified atom stereocenters. The molecule has 1 aliphatic heterocycles. The lowest BCUT2D eigenvalue weighted by Gasteiger charge is -2.33. The van der Waals surface area contributed by atoms with Gasteiger partial charge in [-0.15, -0.1) is 0 Å². The number of rotatable bonds is 1. The number of hydrogen-bond acceptors (Lipinski definition) is 2. The number of amides is 1.